The largest absolute Gasteiger partial charge is 0.483 e. The van der Waals surface area contributed by atoms with E-state index in [1.54, 1.807) is 6.08 Å². The van der Waals surface area contributed by atoms with Crippen LogP contribution in [-0.2, 0) is 4.79 Å². The lowest BCUT2D eigenvalue weighted by Crippen LogP contribution is -2.66. The van der Waals surface area contributed by atoms with Crippen LogP contribution in [0.1, 0.15) is 119 Å². The predicted molar refractivity (Wildman–Crippen MR) is 142 cm³/mol. The molecule has 5 saturated carbocycles. The van der Waals surface area contributed by atoms with Gasteiger partial charge >= 0.3 is 0 Å². The van der Waals surface area contributed by atoms with Crippen LogP contribution in [0.5, 0.6) is 0 Å². The first-order valence-corrected chi connectivity index (χ1v) is 14.2. The first-order chi connectivity index (χ1) is 15.8. The quantitative estimate of drug-likeness (QED) is 0.275. The lowest BCUT2D eigenvalue weighted by atomic mass is 9.32. The number of aliphatic hydroxyl groups is 1. The molecule has 0 radical (unpaired) electrons. The van der Waals surface area contributed by atoms with E-state index in [4.69, 9.17) is 9.90 Å². The van der Waals surface area contributed by atoms with E-state index in [0.717, 1.165) is 24.2 Å². The highest BCUT2D eigenvalue weighted by Gasteiger charge is 2.69. The summed E-state index contributed by atoms with van der Waals surface area (Å²) in [6, 6.07) is 0. The van der Waals surface area contributed by atoms with E-state index < -0.39 is 0 Å². The molecule has 5 fully saturated rings. The van der Waals surface area contributed by atoms with Crippen molar-refractivity contribution >= 4 is 6.47 Å². The highest BCUT2D eigenvalue weighted by atomic mass is 16.3. The van der Waals surface area contributed by atoms with Gasteiger partial charge < -0.3 is 10.2 Å². The summed E-state index contributed by atoms with van der Waals surface area (Å²) in [7, 11) is 0. The zero-order chi connectivity index (χ0) is 25.6. The Morgan fingerprint density at radius 1 is 0.765 bits per heavy atom. The number of hydrogen-bond acceptors (Lipinski definition) is 2. The minimum atomic E-state index is -0.250. The molecule has 0 spiro atoms. The molecule has 5 rings (SSSR count). The maximum Gasteiger partial charge on any atom is 0.290 e. The molecule has 0 heterocycles. The number of aliphatic hydroxyl groups excluding tert-OH is 1. The minimum Gasteiger partial charge on any atom is -0.483 e. The molecular formula is C31H54O3. The topological polar surface area (TPSA) is 57.5 Å². The van der Waals surface area contributed by atoms with Crippen molar-refractivity contribution in [2.75, 3.05) is 0 Å². The maximum atomic E-state index is 10.8. The molecule has 5 aliphatic rings. The molecular weight excluding hydrogens is 420 g/mol. The Hall–Kier alpha value is -0.830. The van der Waals surface area contributed by atoms with Gasteiger partial charge in [-0.2, -0.15) is 0 Å². The Balaban J connectivity index is 0.000000492. The van der Waals surface area contributed by atoms with Crippen LogP contribution in [-0.4, -0.2) is 22.8 Å². The highest BCUT2D eigenvalue weighted by molar-refractivity contribution is 5.32. The molecule has 9 atom stereocenters. The molecule has 196 valence electrons. The Morgan fingerprint density at radius 3 is 2.00 bits per heavy atom. The molecule has 3 nitrogen and oxygen atoms in total. The Bertz CT molecular complexity index is 739. The lowest BCUT2D eigenvalue weighted by Gasteiger charge is -2.72. The normalized spacial score (nSPS) is 50.4. The van der Waals surface area contributed by atoms with Crippen molar-refractivity contribution in [1.29, 1.82) is 0 Å². The third-order valence-electron chi connectivity index (χ3n) is 12.8. The predicted octanol–water partition coefficient (Wildman–Crippen LogP) is 8.12. The first kappa shape index (κ1) is 27.8. The van der Waals surface area contributed by atoms with Gasteiger partial charge in [0.2, 0.25) is 0 Å². The molecule has 2 N–H and O–H groups in total. The second-order valence-corrected chi connectivity index (χ2v) is 14.2. The molecule has 0 aliphatic heterocycles. The fourth-order valence-electron chi connectivity index (χ4n) is 10.9. The van der Waals surface area contributed by atoms with Crippen molar-refractivity contribution in [2.24, 2.45) is 50.7 Å². The number of hydrogen-bond donors (Lipinski definition) is 2. The van der Waals surface area contributed by atoms with Crippen molar-refractivity contribution < 1.29 is 15.0 Å². The van der Waals surface area contributed by atoms with Gasteiger partial charge in [0, 0.05) is 0 Å². The molecule has 0 amide bonds. The van der Waals surface area contributed by atoms with Crippen LogP contribution < -0.4 is 0 Å². The third kappa shape index (κ3) is 3.91. The van der Waals surface area contributed by atoms with E-state index >= 15 is 0 Å². The second kappa shape index (κ2) is 9.56. The zero-order valence-electron chi connectivity index (χ0n) is 23.3. The van der Waals surface area contributed by atoms with E-state index in [0.29, 0.717) is 27.6 Å². The van der Waals surface area contributed by atoms with Crippen LogP contribution in [0.4, 0.5) is 0 Å². The SMILES string of the molecule is C=CC.CC1(C)C(O)CCC2(C)C1CCC1(C)C2CCC2[C@H]3CCCC3(C)CC[C@]21C.O=CO. The van der Waals surface area contributed by atoms with Crippen LogP contribution in [0.15, 0.2) is 12.7 Å². The van der Waals surface area contributed by atoms with Crippen LogP contribution in [0.2, 0.25) is 0 Å². The van der Waals surface area contributed by atoms with Gasteiger partial charge in [-0.1, -0.05) is 54.0 Å². The summed E-state index contributed by atoms with van der Waals surface area (Å²) in [4.78, 5) is 8.36. The van der Waals surface area contributed by atoms with Crippen LogP contribution in [0, 0.1) is 50.7 Å². The third-order valence-corrected chi connectivity index (χ3v) is 12.8. The van der Waals surface area contributed by atoms with Crippen LogP contribution >= 0.6 is 0 Å². The molecule has 3 heteroatoms. The molecule has 0 saturated heterocycles. The number of rotatable bonds is 0. The summed E-state index contributed by atoms with van der Waals surface area (Å²) >= 11 is 0. The van der Waals surface area contributed by atoms with Crippen LogP contribution in [0.3, 0.4) is 0 Å². The van der Waals surface area contributed by atoms with E-state index in [1.807, 2.05) is 6.92 Å². The number of allylic oxidation sites excluding steroid dienone is 1. The number of carboxylic acid groups (broad SMARTS) is 1. The van der Waals surface area contributed by atoms with Gasteiger partial charge in [0.15, 0.2) is 0 Å². The molecule has 5 aliphatic carbocycles. The van der Waals surface area contributed by atoms with Crippen molar-refractivity contribution in [3.8, 4) is 0 Å². The Morgan fingerprint density at radius 2 is 1.38 bits per heavy atom. The lowest BCUT2D eigenvalue weighted by molar-refractivity contribution is -0.244. The summed E-state index contributed by atoms with van der Waals surface area (Å²) in [6.45, 7) is 20.5. The van der Waals surface area contributed by atoms with Crippen molar-refractivity contribution in [2.45, 2.75) is 125 Å². The van der Waals surface area contributed by atoms with E-state index in [-0.39, 0.29) is 18.0 Å². The summed E-state index contributed by atoms with van der Waals surface area (Å²) in [5.41, 5.74) is 2.22. The first-order valence-electron chi connectivity index (χ1n) is 14.2. The highest BCUT2D eigenvalue weighted by Crippen LogP contribution is 2.76. The van der Waals surface area contributed by atoms with Crippen molar-refractivity contribution in [3.05, 3.63) is 12.7 Å². The maximum absolute atomic E-state index is 10.8. The van der Waals surface area contributed by atoms with Crippen LogP contribution in [0.25, 0.3) is 0 Å². The van der Waals surface area contributed by atoms with Gasteiger partial charge in [0.05, 0.1) is 6.10 Å². The van der Waals surface area contributed by atoms with Gasteiger partial charge in [-0.15, -0.1) is 6.58 Å². The van der Waals surface area contributed by atoms with Gasteiger partial charge in [-0.25, -0.2) is 0 Å². The fourth-order valence-corrected chi connectivity index (χ4v) is 10.9. The van der Waals surface area contributed by atoms with Gasteiger partial charge in [0.25, 0.3) is 6.47 Å². The summed E-state index contributed by atoms with van der Waals surface area (Å²) in [5.74, 6) is 3.52. The van der Waals surface area contributed by atoms with E-state index in [1.165, 1.54) is 64.2 Å². The monoisotopic (exact) mass is 474 g/mol. The minimum absolute atomic E-state index is 0.0860. The zero-order valence-corrected chi connectivity index (χ0v) is 23.3. The average Bonchev–Trinajstić information content (AvgIpc) is 3.15. The second-order valence-electron chi connectivity index (χ2n) is 14.2. The van der Waals surface area contributed by atoms with E-state index in [9.17, 15) is 5.11 Å². The summed E-state index contributed by atoms with van der Waals surface area (Å²) < 4.78 is 0. The molecule has 0 bridgehead atoms. The average molecular weight is 475 g/mol. The molecule has 0 aromatic heterocycles. The van der Waals surface area contributed by atoms with Crippen molar-refractivity contribution in [3.63, 3.8) is 0 Å². The molecule has 34 heavy (non-hydrogen) atoms. The summed E-state index contributed by atoms with van der Waals surface area (Å²) in [6.07, 6.45) is 17.1. The van der Waals surface area contributed by atoms with Gasteiger partial charge in [-0.05, 0) is 122 Å². The molecule has 0 aromatic carbocycles. The fraction of sp³-hybridized carbons (Fsp3) is 0.903. The molecule has 7 unspecified atom stereocenters. The summed E-state index contributed by atoms with van der Waals surface area (Å²) in [5, 5.41) is 17.7. The van der Waals surface area contributed by atoms with Gasteiger partial charge in [-0.3, -0.25) is 4.79 Å². The number of carbonyl (C=O) groups is 1. The standard InChI is InChI=1S/C27H46O.C3H6.CH2O2/c1-23(2)20-11-15-27(6)21(25(20,4)14-12-22(23)28)10-9-19-18-8-7-13-24(18,3)16-17-26(19,27)5;1-3-2;2-1-3/h18-22,28H,7-17H2,1-6H3;3H,1H2,2H3;1H,(H,2,3)/t18-,19?,20?,21?,22?,24?,25?,26-,27?;;/m1../s1. The Labute approximate surface area is 210 Å². The van der Waals surface area contributed by atoms with E-state index in [2.05, 4.69) is 48.1 Å². The number of fused-ring (bicyclic) bond motifs is 7. The molecule has 0 aromatic rings. The smallest absolute Gasteiger partial charge is 0.290 e. The Kier molecular flexibility index (Phi) is 7.81. The van der Waals surface area contributed by atoms with Gasteiger partial charge in [0.1, 0.15) is 0 Å². The van der Waals surface area contributed by atoms with Crippen molar-refractivity contribution in [1.82, 2.24) is 0 Å².